The first kappa shape index (κ1) is 12.6. The highest BCUT2D eigenvalue weighted by molar-refractivity contribution is 5.99. The number of hydrogen-bond donors (Lipinski definition) is 1. The molecule has 0 atom stereocenters. The van der Waals surface area contributed by atoms with E-state index in [2.05, 4.69) is 5.32 Å². The van der Waals surface area contributed by atoms with Crippen LogP contribution < -0.4 is 10.1 Å². The molecular formula is C14H17NO3. The Bertz CT molecular complexity index is 454. The maximum atomic E-state index is 11.9. The quantitative estimate of drug-likeness (QED) is 0.804. The maximum absolute atomic E-state index is 11.9. The monoisotopic (exact) mass is 247 g/mol. The summed E-state index contributed by atoms with van der Waals surface area (Å²) in [7, 11) is 1.65. The van der Waals surface area contributed by atoms with E-state index in [1.165, 1.54) is 0 Å². The zero-order valence-electron chi connectivity index (χ0n) is 10.4. The summed E-state index contributed by atoms with van der Waals surface area (Å²) in [5, 5.41) is 2.85. The summed E-state index contributed by atoms with van der Waals surface area (Å²) in [6, 6.07) is 7.69. The lowest BCUT2D eigenvalue weighted by Gasteiger charge is -2.17. The van der Waals surface area contributed by atoms with Gasteiger partial charge in [0, 0.05) is 25.8 Å². The van der Waals surface area contributed by atoms with Crippen molar-refractivity contribution in [2.75, 3.05) is 26.9 Å². The summed E-state index contributed by atoms with van der Waals surface area (Å²) in [6.45, 7) is 1.59. The van der Waals surface area contributed by atoms with Gasteiger partial charge in [0.25, 0.3) is 5.91 Å². The second-order valence-electron chi connectivity index (χ2n) is 4.10. The van der Waals surface area contributed by atoms with Gasteiger partial charge in [0.15, 0.2) is 0 Å². The van der Waals surface area contributed by atoms with Crippen molar-refractivity contribution in [3.05, 3.63) is 35.4 Å². The highest BCUT2D eigenvalue weighted by Gasteiger charge is 2.16. The molecule has 2 rings (SSSR count). The number of carbonyl (C=O) groups is 1. The van der Waals surface area contributed by atoms with Crippen LogP contribution in [-0.2, 0) is 9.53 Å². The summed E-state index contributed by atoms with van der Waals surface area (Å²) in [6.07, 6.45) is 2.69. The molecular weight excluding hydrogens is 230 g/mol. The molecule has 0 bridgehead atoms. The fraction of sp³-hybridized carbons (Fsp3) is 0.357. The molecule has 0 saturated carbocycles. The third-order valence-electron chi connectivity index (χ3n) is 2.73. The van der Waals surface area contributed by atoms with Gasteiger partial charge in [-0.15, -0.1) is 0 Å². The SMILES string of the molecule is COCCCNC(=O)C1=Cc2ccccc2OC1. The van der Waals surface area contributed by atoms with Crippen molar-refractivity contribution in [3.63, 3.8) is 0 Å². The molecule has 0 radical (unpaired) electrons. The van der Waals surface area contributed by atoms with E-state index in [9.17, 15) is 4.79 Å². The van der Waals surface area contributed by atoms with E-state index in [0.717, 1.165) is 17.7 Å². The molecule has 4 nitrogen and oxygen atoms in total. The summed E-state index contributed by atoms with van der Waals surface area (Å²) in [5.41, 5.74) is 1.61. The summed E-state index contributed by atoms with van der Waals surface area (Å²) in [5.74, 6) is 0.758. The minimum Gasteiger partial charge on any atom is -0.488 e. The number of amides is 1. The molecule has 1 heterocycles. The van der Waals surface area contributed by atoms with Crippen molar-refractivity contribution in [1.29, 1.82) is 0 Å². The summed E-state index contributed by atoms with van der Waals surface area (Å²) in [4.78, 5) is 11.9. The molecule has 1 amide bonds. The van der Waals surface area contributed by atoms with Crippen LogP contribution in [0.15, 0.2) is 29.8 Å². The van der Waals surface area contributed by atoms with Crippen LogP contribution in [0.5, 0.6) is 5.75 Å². The molecule has 0 spiro atoms. The topological polar surface area (TPSA) is 47.6 Å². The van der Waals surface area contributed by atoms with Crippen LogP contribution >= 0.6 is 0 Å². The maximum Gasteiger partial charge on any atom is 0.250 e. The molecule has 0 aromatic heterocycles. The third-order valence-corrected chi connectivity index (χ3v) is 2.73. The number of benzene rings is 1. The van der Waals surface area contributed by atoms with E-state index in [0.29, 0.717) is 25.3 Å². The Morgan fingerprint density at radius 2 is 2.28 bits per heavy atom. The Morgan fingerprint density at radius 1 is 1.44 bits per heavy atom. The number of ether oxygens (including phenoxy) is 2. The lowest BCUT2D eigenvalue weighted by Crippen LogP contribution is -2.29. The van der Waals surface area contributed by atoms with Crippen molar-refractivity contribution in [1.82, 2.24) is 5.32 Å². The number of hydrogen-bond acceptors (Lipinski definition) is 3. The minimum atomic E-state index is -0.0689. The number of rotatable bonds is 5. The van der Waals surface area contributed by atoms with Gasteiger partial charge in [-0.1, -0.05) is 18.2 Å². The molecule has 1 aliphatic rings. The number of fused-ring (bicyclic) bond motifs is 1. The number of para-hydroxylation sites is 1. The van der Waals surface area contributed by atoms with Gasteiger partial charge in [-0.25, -0.2) is 0 Å². The van der Waals surface area contributed by atoms with Crippen LogP contribution in [0.1, 0.15) is 12.0 Å². The fourth-order valence-corrected chi connectivity index (χ4v) is 1.78. The van der Waals surface area contributed by atoms with Gasteiger partial charge in [-0.2, -0.15) is 0 Å². The first-order valence-corrected chi connectivity index (χ1v) is 6.01. The Morgan fingerprint density at radius 3 is 3.11 bits per heavy atom. The zero-order valence-corrected chi connectivity index (χ0v) is 10.4. The Kier molecular flexibility index (Phi) is 4.36. The predicted molar refractivity (Wildman–Crippen MR) is 69.4 cm³/mol. The first-order chi connectivity index (χ1) is 8.81. The van der Waals surface area contributed by atoms with E-state index >= 15 is 0 Å². The van der Waals surface area contributed by atoms with Crippen molar-refractivity contribution in [2.45, 2.75) is 6.42 Å². The highest BCUT2D eigenvalue weighted by atomic mass is 16.5. The van der Waals surface area contributed by atoms with Crippen molar-refractivity contribution < 1.29 is 14.3 Å². The molecule has 0 aliphatic carbocycles. The van der Waals surface area contributed by atoms with Crippen LogP contribution in [0.25, 0.3) is 6.08 Å². The van der Waals surface area contributed by atoms with Crippen LogP contribution in [0, 0.1) is 0 Å². The molecule has 1 aliphatic heterocycles. The number of nitrogens with one attached hydrogen (secondary N) is 1. The van der Waals surface area contributed by atoms with Gasteiger partial charge in [-0.3, -0.25) is 4.79 Å². The zero-order chi connectivity index (χ0) is 12.8. The molecule has 1 aromatic carbocycles. The Labute approximate surface area is 107 Å². The normalized spacial score (nSPS) is 13.3. The number of carbonyl (C=O) groups excluding carboxylic acids is 1. The molecule has 1 N–H and O–H groups in total. The average molecular weight is 247 g/mol. The van der Waals surface area contributed by atoms with Crippen molar-refractivity contribution in [2.24, 2.45) is 0 Å². The van der Waals surface area contributed by atoms with Gasteiger partial charge < -0.3 is 14.8 Å². The lowest BCUT2D eigenvalue weighted by molar-refractivity contribution is -0.117. The van der Waals surface area contributed by atoms with Gasteiger partial charge in [0.2, 0.25) is 0 Å². The van der Waals surface area contributed by atoms with Gasteiger partial charge in [0.1, 0.15) is 12.4 Å². The summed E-state index contributed by atoms with van der Waals surface area (Å²) < 4.78 is 10.5. The van der Waals surface area contributed by atoms with E-state index in [-0.39, 0.29) is 5.91 Å². The third kappa shape index (κ3) is 3.11. The smallest absolute Gasteiger partial charge is 0.250 e. The largest absolute Gasteiger partial charge is 0.488 e. The fourth-order valence-electron chi connectivity index (χ4n) is 1.78. The second-order valence-corrected chi connectivity index (χ2v) is 4.10. The Hall–Kier alpha value is -1.81. The Balaban J connectivity index is 1.94. The van der Waals surface area contributed by atoms with Crippen LogP contribution in [-0.4, -0.2) is 32.8 Å². The second kappa shape index (κ2) is 6.21. The van der Waals surface area contributed by atoms with Crippen molar-refractivity contribution in [3.8, 4) is 5.75 Å². The number of methoxy groups -OCH3 is 1. The van der Waals surface area contributed by atoms with Crippen LogP contribution in [0.2, 0.25) is 0 Å². The molecule has 96 valence electrons. The van der Waals surface area contributed by atoms with Gasteiger partial charge in [0.05, 0.1) is 5.57 Å². The standard InChI is InChI=1S/C14H17NO3/c1-17-8-4-7-15-14(16)12-9-11-5-2-3-6-13(11)18-10-12/h2-3,5-6,9H,4,7-8,10H2,1H3,(H,15,16). The van der Waals surface area contributed by atoms with Crippen LogP contribution in [0.4, 0.5) is 0 Å². The predicted octanol–water partition coefficient (Wildman–Crippen LogP) is 1.62. The first-order valence-electron chi connectivity index (χ1n) is 6.01. The van der Waals surface area contributed by atoms with E-state index in [1.807, 2.05) is 30.3 Å². The molecule has 1 aromatic rings. The van der Waals surface area contributed by atoms with Crippen molar-refractivity contribution >= 4 is 12.0 Å². The average Bonchev–Trinajstić information content (AvgIpc) is 2.43. The minimum absolute atomic E-state index is 0.0689. The van der Waals surface area contributed by atoms with Crippen LogP contribution in [0.3, 0.4) is 0 Å². The molecule has 0 saturated heterocycles. The van der Waals surface area contributed by atoms with E-state index in [1.54, 1.807) is 7.11 Å². The molecule has 0 fully saturated rings. The van der Waals surface area contributed by atoms with E-state index < -0.39 is 0 Å². The molecule has 4 heteroatoms. The van der Waals surface area contributed by atoms with Gasteiger partial charge in [-0.05, 0) is 18.6 Å². The van der Waals surface area contributed by atoms with E-state index in [4.69, 9.17) is 9.47 Å². The molecule has 18 heavy (non-hydrogen) atoms. The lowest BCUT2D eigenvalue weighted by atomic mass is 10.1. The highest BCUT2D eigenvalue weighted by Crippen LogP contribution is 2.25. The van der Waals surface area contributed by atoms with Gasteiger partial charge >= 0.3 is 0 Å². The summed E-state index contributed by atoms with van der Waals surface area (Å²) >= 11 is 0. The molecule has 0 unspecified atom stereocenters.